The third-order valence-electron chi connectivity index (χ3n) is 1.98. The van der Waals surface area contributed by atoms with Crippen molar-refractivity contribution in [1.29, 1.82) is 0 Å². The smallest absolute Gasteiger partial charge is 0.220 e. The van der Waals surface area contributed by atoms with Crippen molar-refractivity contribution in [3.8, 4) is 17.4 Å². The van der Waals surface area contributed by atoms with Crippen molar-refractivity contribution >= 4 is 15.9 Å². The Morgan fingerprint density at radius 1 is 1.06 bits per heavy atom. The van der Waals surface area contributed by atoms with E-state index >= 15 is 0 Å². The van der Waals surface area contributed by atoms with Crippen molar-refractivity contribution in [3.05, 3.63) is 47.1 Å². The van der Waals surface area contributed by atoms with Crippen molar-refractivity contribution < 1.29 is 9.47 Å². The molecule has 1 heterocycles. The highest BCUT2D eigenvalue weighted by Gasteiger charge is 1.99. The largest absolute Gasteiger partial charge is 0.497 e. The number of nitrogens with zero attached hydrogens (tertiary/aromatic N) is 1. The summed E-state index contributed by atoms with van der Waals surface area (Å²) in [7, 11) is 1.63. The highest BCUT2D eigenvalue weighted by molar-refractivity contribution is 9.10. The van der Waals surface area contributed by atoms with E-state index in [1.54, 1.807) is 13.3 Å². The Morgan fingerprint density at radius 2 is 1.75 bits per heavy atom. The molecule has 0 saturated carbocycles. The first-order valence-corrected chi connectivity index (χ1v) is 5.51. The van der Waals surface area contributed by atoms with Crippen LogP contribution in [0.4, 0.5) is 0 Å². The van der Waals surface area contributed by atoms with E-state index in [0.717, 1.165) is 16.0 Å². The number of rotatable bonds is 3. The maximum atomic E-state index is 5.56. The van der Waals surface area contributed by atoms with E-state index in [-0.39, 0.29) is 0 Å². The summed E-state index contributed by atoms with van der Waals surface area (Å²) in [5.41, 5.74) is 0. The number of hydrogen-bond acceptors (Lipinski definition) is 3. The van der Waals surface area contributed by atoms with Crippen LogP contribution in [0.1, 0.15) is 0 Å². The van der Waals surface area contributed by atoms with Crippen LogP contribution in [0.3, 0.4) is 0 Å². The number of ether oxygens (including phenoxy) is 2. The van der Waals surface area contributed by atoms with Gasteiger partial charge in [0.05, 0.1) is 7.11 Å². The number of hydrogen-bond donors (Lipinski definition) is 0. The first kappa shape index (κ1) is 11.0. The summed E-state index contributed by atoms with van der Waals surface area (Å²) in [6.45, 7) is 0. The van der Waals surface area contributed by atoms with E-state index in [1.807, 2.05) is 36.4 Å². The Kier molecular flexibility index (Phi) is 3.41. The molecule has 0 fully saturated rings. The molecule has 4 heteroatoms. The number of halogens is 1. The van der Waals surface area contributed by atoms with Gasteiger partial charge in [-0.3, -0.25) is 0 Å². The van der Waals surface area contributed by atoms with E-state index in [4.69, 9.17) is 9.47 Å². The lowest BCUT2D eigenvalue weighted by Crippen LogP contribution is -1.87. The van der Waals surface area contributed by atoms with Gasteiger partial charge in [-0.2, -0.15) is 0 Å². The molecule has 0 spiro atoms. The van der Waals surface area contributed by atoms with Crippen LogP contribution in [-0.4, -0.2) is 12.1 Å². The van der Waals surface area contributed by atoms with Gasteiger partial charge in [-0.05, 0) is 30.3 Å². The minimum Gasteiger partial charge on any atom is -0.497 e. The fourth-order valence-corrected chi connectivity index (χ4v) is 1.52. The van der Waals surface area contributed by atoms with Gasteiger partial charge in [-0.25, -0.2) is 4.98 Å². The van der Waals surface area contributed by atoms with Gasteiger partial charge in [0.1, 0.15) is 11.5 Å². The third kappa shape index (κ3) is 2.73. The van der Waals surface area contributed by atoms with Gasteiger partial charge in [0.2, 0.25) is 5.88 Å². The third-order valence-corrected chi connectivity index (χ3v) is 2.47. The second-order valence-electron chi connectivity index (χ2n) is 3.09. The fourth-order valence-electron chi connectivity index (χ4n) is 1.21. The van der Waals surface area contributed by atoms with Crippen LogP contribution in [0, 0.1) is 0 Å². The monoisotopic (exact) mass is 279 g/mol. The number of methoxy groups -OCH3 is 1. The summed E-state index contributed by atoms with van der Waals surface area (Å²) >= 11 is 3.36. The normalized spacial score (nSPS) is 9.88. The first-order valence-electron chi connectivity index (χ1n) is 4.71. The van der Waals surface area contributed by atoms with Gasteiger partial charge in [0, 0.05) is 16.7 Å². The molecule has 0 amide bonds. The van der Waals surface area contributed by atoms with Gasteiger partial charge >= 0.3 is 0 Å². The number of benzene rings is 1. The van der Waals surface area contributed by atoms with Gasteiger partial charge in [-0.1, -0.05) is 15.9 Å². The molecule has 0 saturated heterocycles. The fraction of sp³-hybridized carbons (Fsp3) is 0.0833. The molecule has 0 aliphatic carbocycles. The lowest BCUT2D eigenvalue weighted by molar-refractivity contribution is 0.412. The Hall–Kier alpha value is -1.55. The topological polar surface area (TPSA) is 31.4 Å². The molecule has 0 bridgehead atoms. The Bertz CT molecular complexity index is 471. The predicted molar refractivity (Wildman–Crippen MR) is 65.0 cm³/mol. The molecule has 0 radical (unpaired) electrons. The van der Waals surface area contributed by atoms with Crippen LogP contribution in [0.2, 0.25) is 0 Å². The summed E-state index contributed by atoms with van der Waals surface area (Å²) < 4.78 is 11.6. The van der Waals surface area contributed by atoms with Crippen LogP contribution < -0.4 is 9.47 Å². The SMILES string of the molecule is COc1ccc(Oc2cc(Br)ccn2)cc1. The van der Waals surface area contributed by atoms with E-state index in [1.165, 1.54) is 0 Å². The van der Waals surface area contributed by atoms with Crippen LogP contribution in [0.15, 0.2) is 47.1 Å². The average Bonchev–Trinajstić information content (AvgIpc) is 2.30. The molecule has 2 aromatic rings. The summed E-state index contributed by atoms with van der Waals surface area (Å²) in [5.74, 6) is 2.08. The predicted octanol–water partition coefficient (Wildman–Crippen LogP) is 3.65. The number of aromatic nitrogens is 1. The average molecular weight is 280 g/mol. The first-order chi connectivity index (χ1) is 7.78. The van der Waals surface area contributed by atoms with Crippen LogP contribution in [0.25, 0.3) is 0 Å². The number of pyridine rings is 1. The highest BCUT2D eigenvalue weighted by Crippen LogP contribution is 2.23. The van der Waals surface area contributed by atoms with Crippen LogP contribution >= 0.6 is 15.9 Å². The molecular formula is C12H10BrNO2. The van der Waals surface area contributed by atoms with Crippen molar-refractivity contribution in [1.82, 2.24) is 4.98 Å². The highest BCUT2D eigenvalue weighted by atomic mass is 79.9. The maximum Gasteiger partial charge on any atom is 0.220 e. The molecule has 2 rings (SSSR count). The molecular weight excluding hydrogens is 270 g/mol. The summed E-state index contributed by atoms with van der Waals surface area (Å²) in [5, 5.41) is 0. The molecule has 3 nitrogen and oxygen atoms in total. The van der Waals surface area contributed by atoms with Crippen LogP contribution in [0.5, 0.6) is 17.4 Å². The molecule has 1 aromatic heterocycles. The summed E-state index contributed by atoms with van der Waals surface area (Å²) in [6.07, 6.45) is 1.68. The van der Waals surface area contributed by atoms with Crippen molar-refractivity contribution in [3.63, 3.8) is 0 Å². The minimum absolute atomic E-state index is 0.555. The molecule has 16 heavy (non-hydrogen) atoms. The van der Waals surface area contributed by atoms with Gasteiger partial charge in [0.15, 0.2) is 0 Å². The van der Waals surface area contributed by atoms with Gasteiger partial charge in [-0.15, -0.1) is 0 Å². The van der Waals surface area contributed by atoms with Crippen molar-refractivity contribution in [2.45, 2.75) is 0 Å². The Morgan fingerprint density at radius 3 is 2.38 bits per heavy atom. The molecule has 0 N–H and O–H groups in total. The van der Waals surface area contributed by atoms with Gasteiger partial charge in [0.25, 0.3) is 0 Å². The maximum absolute atomic E-state index is 5.56. The van der Waals surface area contributed by atoms with Crippen molar-refractivity contribution in [2.24, 2.45) is 0 Å². The summed E-state index contributed by atoms with van der Waals surface area (Å²) in [4.78, 5) is 4.09. The molecule has 0 unspecified atom stereocenters. The van der Waals surface area contributed by atoms with Crippen LogP contribution in [-0.2, 0) is 0 Å². The Labute approximate surface area is 102 Å². The standard InChI is InChI=1S/C12H10BrNO2/c1-15-10-2-4-11(5-3-10)16-12-8-9(13)6-7-14-12/h2-8H,1H3. The molecule has 82 valence electrons. The van der Waals surface area contributed by atoms with E-state index < -0.39 is 0 Å². The van der Waals surface area contributed by atoms with E-state index in [0.29, 0.717) is 5.88 Å². The Balaban J connectivity index is 2.14. The molecule has 0 aliphatic rings. The zero-order valence-electron chi connectivity index (χ0n) is 8.68. The quantitative estimate of drug-likeness (QED) is 0.860. The second-order valence-corrected chi connectivity index (χ2v) is 4.01. The van der Waals surface area contributed by atoms with E-state index in [2.05, 4.69) is 20.9 Å². The van der Waals surface area contributed by atoms with Gasteiger partial charge < -0.3 is 9.47 Å². The second kappa shape index (κ2) is 4.99. The molecule has 0 atom stereocenters. The lowest BCUT2D eigenvalue weighted by atomic mass is 10.3. The van der Waals surface area contributed by atoms with Crippen molar-refractivity contribution in [2.75, 3.05) is 7.11 Å². The summed E-state index contributed by atoms with van der Waals surface area (Å²) in [6, 6.07) is 11.0. The molecule has 1 aromatic carbocycles. The molecule has 0 aliphatic heterocycles. The lowest BCUT2D eigenvalue weighted by Gasteiger charge is -2.05. The zero-order chi connectivity index (χ0) is 11.4. The van der Waals surface area contributed by atoms with E-state index in [9.17, 15) is 0 Å². The minimum atomic E-state index is 0.555. The zero-order valence-corrected chi connectivity index (χ0v) is 10.3.